The lowest BCUT2D eigenvalue weighted by atomic mass is 10.2. The van der Waals surface area contributed by atoms with Crippen molar-refractivity contribution in [1.29, 1.82) is 0 Å². The van der Waals surface area contributed by atoms with Gasteiger partial charge in [0, 0.05) is 5.02 Å². The normalized spacial score (nSPS) is 10.4. The number of carbonyl (C=O) groups excluding carboxylic acids is 1. The summed E-state index contributed by atoms with van der Waals surface area (Å²) >= 11 is 16.8. The molecule has 0 saturated heterocycles. The van der Waals surface area contributed by atoms with Crippen molar-refractivity contribution in [2.24, 2.45) is 0 Å². The van der Waals surface area contributed by atoms with Crippen LogP contribution in [0.5, 0.6) is 5.75 Å². The highest BCUT2D eigenvalue weighted by molar-refractivity contribution is 7.80. The third-order valence-corrected chi connectivity index (χ3v) is 3.52. The van der Waals surface area contributed by atoms with E-state index >= 15 is 0 Å². The van der Waals surface area contributed by atoms with Crippen LogP contribution in [0.4, 0.5) is 14.5 Å². The number of benzene rings is 2. The van der Waals surface area contributed by atoms with Crippen molar-refractivity contribution in [3.63, 3.8) is 0 Å². The van der Waals surface area contributed by atoms with Crippen LogP contribution >= 0.6 is 35.4 Å². The van der Waals surface area contributed by atoms with Crippen molar-refractivity contribution in [3.8, 4) is 5.75 Å². The molecule has 2 N–H and O–H groups in total. The first kappa shape index (κ1) is 18.4. The zero-order valence-corrected chi connectivity index (χ0v) is 14.2. The number of hydrogen-bond acceptors (Lipinski definition) is 3. The average Bonchev–Trinajstić information content (AvgIpc) is 2.51. The van der Waals surface area contributed by atoms with Crippen LogP contribution in [0.25, 0.3) is 0 Å². The molecular formula is C15H10Cl2F2N2O2S. The Morgan fingerprint density at radius 3 is 2.58 bits per heavy atom. The molecular weight excluding hydrogens is 381 g/mol. The average molecular weight is 391 g/mol. The number of amides is 1. The number of thiocarbonyl (C=S) groups is 1. The smallest absolute Gasteiger partial charge is 0.387 e. The van der Waals surface area contributed by atoms with Crippen LogP contribution in [0.2, 0.25) is 10.0 Å². The first-order valence-electron chi connectivity index (χ1n) is 6.48. The molecule has 1 amide bonds. The van der Waals surface area contributed by atoms with E-state index in [1.54, 1.807) is 6.07 Å². The van der Waals surface area contributed by atoms with Gasteiger partial charge in [0.1, 0.15) is 5.75 Å². The summed E-state index contributed by atoms with van der Waals surface area (Å²) in [5, 5.41) is 5.42. The largest absolute Gasteiger partial charge is 0.433 e. The zero-order valence-electron chi connectivity index (χ0n) is 11.9. The molecule has 0 bridgehead atoms. The van der Waals surface area contributed by atoms with Crippen LogP contribution < -0.4 is 15.4 Å². The summed E-state index contributed by atoms with van der Waals surface area (Å²) in [5.41, 5.74) is 0.311. The fourth-order valence-corrected chi connectivity index (χ4v) is 2.34. The van der Waals surface area contributed by atoms with E-state index in [2.05, 4.69) is 15.4 Å². The van der Waals surface area contributed by atoms with Crippen LogP contribution in [0.15, 0.2) is 42.5 Å². The van der Waals surface area contributed by atoms with Gasteiger partial charge in [0.25, 0.3) is 5.91 Å². The molecule has 0 aliphatic carbocycles. The fourth-order valence-electron chi connectivity index (χ4n) is 1.76. The van der Waals surface area contributed by atoms with Crippen LogP contribution in [-0.2, 0) is 0 Å². The quantitative estimate of drug-likeness (QED) is 0.741. The summed E-state index contributed by atoms with van der Waals surface area (Å²) in [6.07, 6.45) is 0. The summed E-state index contributed by atoms with van der Waals surface area (Å²) in [5.74, 6) is -0.697. The van der Waals surface area contributed by atoms with Gasteiger partial charge < -0.3 is 10.1 Å². The van der Waals surface area contributed by atoms with Gasteiger partial charge in [-0.1, -0.05) is 35.3 Å². The first-order chi connectivity index (χ1) is 11.4. The Morgan fingerprint density at radius 1 is 1.17 bits per heavy atom. The lowest BCUT2D eigenvalue weighted by Crippen LogP contribution is -2.34. The lowest BCUT2D eigenvalue weighted by Gasteiger charge is -2.14. The maximum Gasteiger partial charge on any atom is 0.387 e. The highest BCUT2D eigenvalue weighted by Gasteiger charge is 2.14. The third kappa shape index (κ3) is 5.02. The van der Waals surface area contributed by atoms with Gasteiger partial charge in [-0.25, -0.2) is 0 Å². The monoisotopic (exact) mass is 390 g/mol. The number of ether oxygens (including phenoxy) is 1. The number of nitrogens with one attached hydrogen (secondary N) is 2. The summed E-state index contributed by atoms with van der Waals surface area (Å²) in [6, 6.07) is 10.3. The number of rotatable bonds is 4. The summed E-state index contributed by atoms with van der Waals surface area (Å²) in [6.45, 7) is -2.98. The van der Waals surface area contributed by atoms with Gasteiger partial charge in [-0.15, -0.1) is 0 Å². The topological polar surface area (TPSA) is 50.4 Å². The lowest BCUT2D eigenvalue weighted by molar-refractivity contribution is -0.0493. The predicted molar refractivity (Wildman–Crippen MR) is 93.2 cm³/mol. The van der Waals surface area contributed by atoms with Gasteiger partial charge in [-0.2, -0.15) is 8.78 Å². The molecule has 0 unspecified atom stereocenters. The van der Waals surface area contributed by atoms with E-state index in [1.165, 1.54) is 36.4 Å². The number of hydrogen-bond donors (Lipinski definition) is 2. The molecule has 0 heterocycles. The van der Waals surface area contributed by atoms with E-state index in [-0.39, 0.29) is 27.1 Å². The van der Waals surface area contributed by atoms with Crippen molar-refractivity contribution < 1.29 is 18.3 Å². The Hall–Kier alpha value is -1.96. The van der Waals surface area contributed by atoms with Crippen LogP contribution in [-0.4, -0.2) is 17.6 Å². The molecule has 0 spiro atoms. The van der Waals surface area contributed by atoms with Crippen molar-refractivity contribution in [3.05, 3.63) is 58.1 Å². The summed E-state index contributed by atoms with van der Waals surface area (Å²) in [4.78, 5) is 12.1. The highest BCUT2D eigenvalue weighted by Crippen LogP contribution is 2.25. The van der Waals surface area contributed by atoms with E-state index in [4.69, 9.17) is 35.4 Å². The Labute approximate surface area is 151 Å². The fraction of sp³-hybridized carbons (Fsp3) is 0.0667. The van der Waals surface area contributed by atoms with Crippen LogP contribution in [0, 0.1) is 0 Å². The second-order valence-electron chi connectivity index (χ2n) is 4.41. The molecule has 0 fully saturated rings. The number of anilines is 1. The van der Waals surface area contributed by atoms with Gasteiger partial charge >= 0.3 is 6.61 Å². The van der Waals surface area contributed by atoms with E-state index in [9.17, 15) is 13.6 Å². The maximum absolute atomic E-state index is 12.4. The molecule has 0 radical (unpaired) electrons. The molecule has 0 atom stereocenters. The molecule has 2 aromatic carbocycles. The molecule has 0 saturated carbocycles. The minimum absolute atomic E-state index is 0.107. The maximum atomic E-state index is 12.4. The highest BCUT2D eigenvalue weighted by atomic mass is 35.5. The van der Waals surface area contributed by atoms with Gasteiger partial charge in [0.15, 0.2) is 5.11 Å². The van der Waals surface area contributed by atoms with Crippen molar-refractivity contribution in [1.82, 2.24) is 5.32 Å². The van der Waals surface area contributed by atoms with Gasteiger partial charge in [-0.3, -0.25) is 10.1 Å². The summed E-state index contributed by atoms with van der Waals surface area (Å²) < 4.78 is 29.1. The van der Waals surface area contributed by atoms with Gasteiger partial charge in [0.2, 0.25) is 0 Å². The molecule has 0 aliphatic rings. The van der Waals surface area contributed by atoms with Gasteiger partial charge in [-0.05, 0) is 42.5 Å². The van der Waals surface area contributed by atoms with E-state index in [1.807, 2.05) is 0 Å². The Bertz CT molecular complexity index is 775. The standard InChI is InChI=1S/C15H10Cl2F2N2O2S/c16-8-5-6-10(17)9(7-8)13(22)21-15(24)20-11-3-1-2-4-12(11)23-14(18)19/h1-7,14H,(H2,20,21,22,24). The molecule has 9 heteroatoms. The van der Waals surface area contributed by atoms with E-state index in [0.717, 1.165) is 0 Å². The third-order valence-electron chi connectivity index (χ3n) is 2.75. The number of carbonyl (C=O) groups is 1. The van der Waals surface area contributed by atoms with Crippen molar-refractivity contribution >= 4 is 52.1 Å². The second kappa shape index (κ2) is 8.23. The number of alkyl halides is 2. The van der Waals surface area contributed by atoms with E-state index in [0.29, 0.717) is 5.02 Å². The number of para-hydroxylation sites is 2. The first-order valence-corrected chi connectivity index (χ1v) is 7.64. The number of halogens is 4. The second-order valence-corrected chi connectivity index (χ2v) is 5.66. The van der Waals surface area contributed by atoms with Crippen LogP contribution in [0.1, 0.15) is 10.4 Å². The molecule has 126 valence electrons. The SMILES string of the molecule is O=C(NC(=S)Nc1ccccc1OC(F)F)c1cc(Cl)ccc1Cl. The minimum Gasteiger partial charge on any atom is -0.433 e. The van der Waals surface area contributed by atoms with Crippen molar-refractivity contribution in [2.45, 2.75) is 6.61 Å². The van der Waals surface area contributed by atoms with E-state index < -0.39 is 12.5 Å². The van der Waals surface area contributed by atoms with Crippen LogP contribution in [0.3, 0.4) is 0 Å². The minimum atomic E-state index is -2.98. The Kier molecular flexibility index (Phi) is 6.30. The Morgan fingerprint density at radius 2 is 1.88 bits per heavy atom. The molecule has 0 aromatic heterocycles. The molecule has 2 aromatic rings. The Balaban J connectivity index is 2.08. The summed E-state index contributed by atoms with van der Waals surface area (Å²) in [7, 11) is 0. The molecule has 4 nitrogen and oxygen atoms in total. The molecule has 24 heavy (non-hydrogen) atoms. The zero-order chi connectivity index (χ0) is 17.7. The van der Waals surface area contributed by atoms with Crippen molar-refractivity contribution in [2.75, 3.05) is 5.32 Å². The van der Waals surface area contributed by atoms with Gasteiger partial charge in [0.05, 0.1) is 16.3 Å². The predicted octanol–water partition coefficient (Wildman–Crippen LogP) is 4.72. The molecule has 0 aliphatic heterocycles. The molecule has 2 rings (SSSR count).